The summed E-state index contributed by atoms with van der Waals surface area (Å²) in [5.41, 5.74) is 12.0. The molecule has 0 aliphatic rings. The van der Waals surface area contributed by atoms with Crippen molar-refractivity contribution in [3.8, 4) is 11.1 Å². The van der Waals surface area contributed by atoms with Crippen LogP contribution in [0.25, 0.3) is 22.2 Å². The molecule has 4 aromatic rings. The molecule has 0 radical (unpaired) electrons. The Morgan fingerprint density at radius 2 is 1.62 bits per heavy atom. The van der Waals surface area contributed by atoms with Gasteiger partial charge < -0.3 is 16.0 Å². The third-order valence-corrected chi connectivity index (χ3v) is 4.03. The van der Waals surface area contributed by atoms with Gasteiger partial charge in [-0.15, -0.1) is 0 Å². The van der Waals surface area contributed by atoms with Gasteiger partial charge in [-0.05, 0) is 34.9 Å². The first kappa shape index (κ1) is 14.3. The van der Waals surface area contributed by atoms with Gasteiger partial charge in [0.2, 0.25) is 5.95 Å². The summed E-state index contributed by atoms with van der Waals surface area (Å²) in [4.78, 5) is 7.75. The van der Waals surface area contributed by atoms with Crippen molar-refractivity contribution in [3.05, 3.63) is 78.4 Å². The van der Waals surface area contributed by atoms with Gasteiger partial charge in [-0.3, -0.25) is 0 Å². The molecule has 0 saturated carbocycles. The molecule has 24 heavy (non-hydrogen) atoms. The number of nitrogens with two attached hydrogens (primary N) is 1. The van der Waals surface area contributed by atoms with Crippen LogP contribution in [0.2, 0.25) is 0 Å². The molecule has 0 bridgehead atoms. The molecule has 1 aromatic heterocycles. The number of nitrogens with zero attached hydrogens (tertiary/aromatic N) is 1. The summed E-state index contributed by atoms with van der Waals surface area (Å²) in [5, 5.41) is 3.32. The molecule has 0 fully saturated rings. The quantitative estimate of drug-likeness (QED) is 0.488. The van der Waals surface area contributed by atoms with Crippen LogP contribution in [0.15, 0.2) is 72.8 Å². The van der Waals surface area contributed by atoms with Crippen molar-refractivity contribution in [1.29, 1.82) is 0 Å². The summed E-state index contributed by atoms with van der Waals surface area (Å²) in [6, 6.07) is 24.6. The molecule has 0 spiro atoms. The summed E-state index contributed by atoms with van der Waals surface area (Å²) in [7, 11) is 0. The summed E-state index contributed by atoms with van der Waals surface area (Å²) < 4.78 is 0. The highest BCUT2D eigenvalue weighted by Crippen LogP contribution is 2.20. The minimum Gasteiger partial charge on any atom is -0.399 e. The average Bonchev–Trinajstić information content (AvgIpc) is 3.03. The third-order valence-electron chi connectivity index (χ3n) is 4.03. The first-order valence-electron chi connectivity index (χ1n) is 7.91. The lowest BCUT2D eigenvalue weighted by molar-refractivity contribution is 1.10. The van der Waals surface area contributed by atoms with Crippen molar-refractivity contribution in [3.63, 3.8) is 0 Å². The SMILES string of the molecule is Nc1ccc2nc(NCc3ccc(-c4ccccc4)cc3)[nH]c2c1. The number of anilines is 2. The van der Waals surface area contributed by atoms with Crippen molar-refractivity contribution in [2.45, 2.75) is 6.54 Å². The molecule has 4 N–H and O–H groups in total. The minimum atomic E-state index is 0.713. The van der Waals surface area contributed by atoms with Crippen LogP contribution in [0.4, 0.5) is 11.6 Å². The molecule has 0 unspecified atom stereocenters. The van der Waals surface area contributed by atoms with Gasteiger partial charge in [0.15, 0.2) is 0 Å². The van der Waals surface area contributed by atoms with Crippen LogP contribution in [0, 0.1) is 0 Å². The molecule has 1 heterocycles. The van der Waals surface area contributed by atoms with Crippen molar-refractivity contribution >= 4 is 22.7 Å². The monoisotopic (exact) mass is 314 g/mol. The molecule has 0 amide bonds. The zero-order valence-corrected chi connectivity index (χ0v) is 13.2. The number of H-pyrrole nitrogens is 1. The van der Waals surface area contributed by atoms with E-state index in [2.05, 4.69) is 63.8 Å². The number of imidazole rings is 1. The lowest BCUT2D eigenvalue weighted by atomic mass is 10.0. The second-order valence-corrected chi connectivity index (χ2v) is 5.78. The Morgan fingerprint density at radius 1 is 0.875 bits per heavy atom. The summed E-state index contributed by atoms with van der Waals surface area (Å²) in [5.74, 6) is 0.753. The summed E-state index contributed by atoms with van der Waals surface area (Å²) >= 11 is 0. The van der Waals surface area contributed by atoms with Gasteiger partial charge in [-0.25, -0.2) is 4.98 Å². The normalized spacial score (nSPS) is 10.8. The maximum absolute atomic E-state index is 5.79. The van der Waals surface area contributed by atoms with Gasteiger partial charge in [0.1, 0.15) is 0 Å². The predicted octanol–water partition coefficient (Wildman–Crippen LogP) is 4.42. The van der Waals surface area contributed by atoms with Crippen LogP contribution in [-0.4, -0.2) is 9.97 Å². The van der Waals surface area contributed by atoms with Gasteiger partial charge in [0.25, 0.3) is 0 Å². The Morgan fingerprint density at radius 3 is 2.42 bits per heavy atom. The van der Waals surface area contributed by atoms with Gasteiger partial charge >= 0.3 is 0 Å². The zero-order chi connectivity index (χ0) is 16.4. The lowest BCUT2D eigenvalue weighted by Gasteiger charge is -2.05. The molecule has 118 valence electrons. The fourth-order valence-electron chi connectivity index (χ4n) is 2.74. The fraction of sp³-hybridized carbons (Fsp3) is 0.0500. The van der Waals surface area contributed by atoms with E-state index in [9.17, 15) is 0 Å². The topological polar surface area (TPSA) is 66.7 Å². The first-order chi connectivity index (χ1) is 11.8. The largest absolute Gasteiger partial charge is 0.399 e. The van der Waals surface area contributed by atoms with E-state index in [4.69, 9.17) is 5.73 Å². The summed E-state index contributed by atoms with van der Waals surface area (Å²) in [6.07, 6.45) is 0. The number of nitrogens with one attached hydrogen (secondary N) is 2. The summed E-state index contributed by atoms with van der Waals surface area (Å²) in [6.45, 7) is 0.713. The van der Waals surface area contributed by atoms with E-state index in [1.54, 1.807) is 0 Å². The number of nitrogen functional groups attached to an aromatic ring is 1. The number of hydrogen-bond acceptors (Lipinski definition) is 3. The van der Waals surface area contributed by atoms with Crippen molar-refractivity contribution in [2.24, 2.45) is 0 Å². The van der Waals surface area contributed by atoms with Crippen molar-refractivity contribution in [2.75, 3.05) is 11.1 Å². The lowest BCUT2D eigenvalue weighted by Crippen LogP contribution is -2.00. The maximum atomic E-state index is 5.79. The molecule has 4 heteroatoms. The highest BCUT2D eigenvalue weighted by molar-refractivity contribution is 5.80. The van der Waals surface area contributed by atoms with E-state index in [0.717, 1.165) is 22.7 Å². The van der Waals surface area contributed by atoms with E-state index in [0.29, 0.717) is 6.54 Å². The first-order valence-corrected chi connectivity index (χ1v) is 7.91. The number of fused-ring (bicyclic) bond motifs is 1. The van der Waals surface area contributed by atoms with E-state index < -0.39 is 0 Å². The Balaban J connectivity index is 1.47. The van der Waals surface area contributed by atoms with E-state index in [1.165, 1.54) is 16.7 Å². The minimum absolute atomic E-state index is 0.713. The van der Waals surface area contributed by atoms with E-state index >= 15 is 0 Å². The zero-order valence-electron chi connectivity index (χ0n) is 13.2. The maximum Gasteiger partial charge on any atom is 0.201 e. The number of rotatable bonds is 4. The predicted molar refractivity (Wildman–Crippen MR) is 99.7 cm³/mol. The highest BCUT2D eigenvalue weighted by Gasteiger charge is 2.03. The molecule has 3 aromatic carbocycles. The molecular formula is C20H18N4. The molecule has 0 aliphatic heterocycles. The Hall–Kier alpha value is -3.27. The molecule has 4 nitrogen and oxygen atoms in total. The standard InChI is InChI=1S/C20H18N4/c21-17-10-11-18-19(12-17)24-20(23-18)22-13-14-6-8-16(9-7-14)15-4-2-1-3-5-15/h1-12H,13,21H2,(H2,22,23,24). The number of benzene rings is 3. The number of aromatic amines is 1. The number of aromatic nitrogens is 2. The third kappa shape index (κ3) is 2.94. The van der Waals surface area contributed by atoms with Gasteiger partial charge in [-0.1, -0.05) is 54.6 Å². The van der Waals surface area contributed by atoms with E-state index in [-0.39, 0.29) is 0 Å². The highest BCUT2D eigenvalue weighted by atomic mass is 15.1. The average molecular weight is 314 g/mol. The molecular weight excluding hydrogens is 296 g/mol. The van der Waals surface area contributed by atoms with Crippen LogP contribution >= 0.6 is 0 Å². The Labute approximate surface area is 140 Å². The Kier molecular flexibility index (Phi) is 3.63. The van der Waals surface area contributed by atoms with E-state index in [1.807, 2.05) is 24.3 Å². The van der Waals surface area contributed by atoms with Crippen molar-refractivity contribution < 1.29 is 0 Å². The van der Waals surface area contributed by atoms with Crippen molar-refractivity contribution in [1.82, 2.24) is 9.97 Å². The molecule has 0 saturated heterocycles. The number of hydrogen-bond donors (Lipinski definition) is 3. The molecule has 0 aliphatic carbocycles. The fourth-order valence-corrected chi connectivity index (χ4v) is 2.74. The van der Waals surface area contributed by atoms with Gasteiger partial charge in [0, 0.05) is 12.2 Å². The molecule has 4 rings (SSSR count). The second-order valence-electron chi connectivity index (χ2n) is 5.78. The van der Waals surface area contributed by atoms with Crippen LogP contribution in [-0.2, 0) is 6.54 Å². The Bertz CT molecular complexity index is 956. The molecule has 0 atom stereocenters. The second kappa shape index (κ2) is 6.08. The van der Waals surface area contributed by atoms with Gasteiger partial charge in [-0.2, -0.15) is 0 Å². The van der Waals surface area contributed by atoms with Crippen LogP contribution in [0.5, 0.6) is 0 Å². The van der Waals surface area contributed by atoms with Crippen LogP contribution < -0.4 is 11.1 Å². The van der Waals surface area contributed by atoms with Crippen LogP contribution in [0.3, 0.4) is 0 Å². The van der Waals surface area contributed by atoms with Crippen LogP contribution in [0.1, 0.15) is 5.56 Å². The smallest absolute Gasteiger partial charge is 0.201 e. The van der Waals surface area contributed by atoms with Gasteiger partial charge in [0.05, 0.1) is 11.0 Å².